The Hall–Kier alpha value is -3.45. The highest BCUT2D eigenvalue weighted by atomic mass is 32.1. The van der Waals surface area contributed by atoms with Crippen molar-refractivity contribution >= 4 is 34.8 Å². The van der Waals surface area contributed by atoms with Gasteiger partial charge in [-0.1, -0.05) is 36.4 Å². The van der Waals surface area contributed by atoms with Gasteiger partial charge in [-0.05, 0) is 41.3 Å². The van der Waals surface area contributed by atoms with Gasteiger partial charge in [-0.15, -0.1) is 11.3 Å². The molecule has 3 aromatic rings. The summed E-state index contributed by atoms with van der Waals surface area (Å²) in [6, 6.07) is 19.6. The van der Waals surface area contributed by atoms with Gasteiger partial charge in [0.2, 0.25) is 0 Å². The molecule has 1 heterocycles. The van der Waals surface area contributed by atoms with E-state index in [0.717, 1.165) is 5.56 Å². The summed E-state index contributed by atoms with van der Waals surface area (Å²) in [5, 5.41) is 4.63. The Balaban J connectivity index is 1.72. The predicted octanol–water partition coefficient (Wildman–Crippen LogP) is 3.82. The average molecular weight is 408 g/mol. The van der Waals surface area contributed by atoms with Gasteiger partial charge in [0.15, 0.2) is 0 Å². The summed E-state index contributed by atoms with van der Waals surface area (Å²) in [6.07, 6.45) is 0. The van der Waals surface area contributed by atoms with Crippen LogP contribution in [0.4, 0.5) is 5.69 Å². The van der Waals surface area contributed by atoms with Gasteiger partial charge in [-0.3, -0.25) is 14.4 Å². The van der Waals surface area contributed by atoms with E-state index in [9.17, 15) is 14.4 Å². The Labute approximate surface area is 172 Å². The fraction of sp³-hybridized carbons (Fsp3) is 0.136. The Bertz CT molecular complexity index is 970. The predicted molar refractivity (Wildman–Crippen MR) is 112 cm³/mol. The van der Waals surface area contributed by atoms with Gasteiger partial charge in [0.1, 0.15) is 6.54 Å². The number of amides is 2. The quantitative estimate of drug-likeness (QED) is 0.603. The number of methoxy groups -OCH3 is 1. The van der Waals surface area contributed by atoms with E-state index in [2.05, 4.69) is 5.32 Å². The number of hydrogen-bond donors (Lipinski definition) is 1. The maximum atomic E-state index is 13.0. The third-order valence-electron chi connectivity index (χ3n) is 4.19. The second-order valence-electron chi connectivity index (χ2n) is 6.23. The Morgan fingerprint density at radius 1 is 0.966 bits per heavy atom. The van der Waals surface area contributed by atoms with Crippen molar-refractivity contribution in [1.82, 2.24) is 4.90 Å². The van der Waals surface area contributed by atoms with Crippen molar-refractivity contribution in [2.75, 3.05) is 19.0 Å². The van der Waals surface area contributed by atoms with E-state index in [0.29, 0.717) is 16.1 Å². The van der Waals surface area contributed by atoms with E-state index in [1.165, 1.54) is 23.3 Å². The molecule has 0 atom stereocenters. The number of nitrogens with zero attached hydrogens (tertiary/aromatic N) is 1. The van der Waals surface area contributed by atoms with Crippen molar-refractivity contribution in [3.05, 3.63) is 88.1 Å². The lowest BCUT2D eigenvalue weighted by Crippen LogP contribution is -2.35. The molecule has 1 N–H and O–H groups in total. The molecular formula is C22H20N2O4S. The standard InChI is InChI=1S/C22H20N2O4S/c1-28-20(25)15-24(14-16-6-3-2-4-7-16)22(27)17-9-11-18(12-10-17)23-21(26)19-8-5-13-29-19/h2-13H,14-15H2,1H3,(H,23,26). The van der Waals surface area contributed by atoms with Crippen molar-refractivity contribution < 1.29 is 19.1 Å². The van der Waals surface area contributed by atoms with Crippen LogP contribution in [0.3, 0.4) is 0 Å². The Kier molecular flexibility index (Phi) is 6.76. The van der Waals surface area contributed by atoms with Gasteiger partial charge in [0.25, 0.3) is 11.8 Å². The van der Waals surface area contributed by atoms with Crippen LogP contribution < -0.4 is 5.32 Å². The van der Waals surface area contributed by atoms with E-state index in [-0.39, 0.29) is 24.9 Å². The first kappa shape index (κ1) is 20.3. The molecule has 0 saturated heterocycles. The molecule has 148 valence electrons. The van der Waals surface area contributed by atoms with Crippen molar-refractivity contribution in [2.45, 2.75) is 6.54 Å². The largest absolute Gasteiger partial charge is 0.468 e. The zero-order valence-corrected chi connectivity index (χ0v) is 16.6. The number of anilines is 1. The molecule has 2 amide bonds. The molecule has 0 aliphatic rings. The molecule has 0 aliphatic carbocycles. The Morgan fingerprint density at radius 2 is 1.69 bits per heavy atom. The molecule has 0 spiro atoms. The van der Waals surface area contributed by atoms with E-state index in [1.807, 2.05) is 41.8 Å². The van der Waals surface area contributed by atoms with Crippen LogP contribution in [0.1, 0.15) is 25.6 Å². The number of nitrogens with one attached hydrogen (secondary N) is 1. The summed E-state index contributed by atoms with van der Waals surface area (Å²) in [5.74, 6) is -0.986. The summed E-state index contributed by atoms with van der Waals surface area (Å²) in [7, 11) is 1.29. The van der Waals surface area contributed by atoms with Gasteiger partial charge in [-0.25, -0.2) is 0 Å². The van der Waals surface area contributed by atoms with Crippen LogP contribution in [0.15, 0.2) is 72.1 Å². The third-order valence-corrected chi connectivity index (χ3v) is 5.05. The highest BCUT2D eigenvalue weighted by Gasteiger charge is 2.20. The lowest BCUT2D eigenvalue weighted by Gasteiger charge is -2.22. The minimum Gasteiger partial charge on any atom is -0.468 e. The minimum absolute atomic E-state index is 0.152. The van der Waals surface area contributed by atoms with Crippen LogP contribution >= 0.6 is 11.3 Å². The molecule has 6 nitrogen and oxygen atoms in total. The fourth-order valence-electron chi connectivity index (χ4n) is 2.70. The SMILES string of the molecule is COC(=O)CN(Cc1ccccc1)C(=O)c1ccc(NC(=O)c2cccs2)cc1. The van der Waals surface area contributed by atoms with Gasteiger partial charge >= 0.3 is 5.97 Å². The van der Waals surface area contributed by atoms with Crippen molar-refractivity contribution in [3.63, 3.8) is 0 Å². The van der Waals surface area contributed by atoms with E-state index in [1.54, 1.807) is 30.3 Å². The lowest BCUT2D eigenvalue weighted by molar-refractivity contribution is -0.141. The third kappa shape index (κ3) is 5.52. The molecular weight excluding hydrogens is 388 g/mol. The Morgan fingerprint density at radius 3 is 2.31 bits per heavy atom. The number of hydrogen-bond acceptors (Lipinski definition) is 5. The number of carbonyl (C=O) groups is 3. The minimum atomic E-state index is -0.492. The first-order chi connectivity index (χ1) is 14.1. The van der Waals surface area contributed by atoms with Crippen LogP contribution in [-0.4, -0.2) is 36.3 Å². The van der Waals surface area contributed by atoms with Gasteiger partial charge in [-0.2, -0.15) is 0 Å². The smallest absolute Gasteiger partial charge is 0.325 e. The van der Waals surface area contributed by atoms with E-state index < -0.39 is 5.97 Å². The van der Waals surface area contributed by atoms with Crippen LogP contribution in [0.2, 0.25) is 0 Å². The van der Waals surface area contributed by atoms with Gasteiger partial charge in [0.05, 0.1) is 12.0 Å². The zero-order valence-electron chi connectivity index (χ0n) is 15.8. The second-order valence-corrected chi connectivity index (χ2v) is 7.18. The first-order valence-corrected chi connectivity index (χ1v) is 9.79. The molecule has 0 radical (unpaired) electrons. The number of rotatable bonds is 7. The van der Waals surface area contributed by atoms with E-state index in [4.69, 9.17) is 4.74 Å². The number of esters is 1. The van der Waals surface area contributed by atoms with Crippen LogP contribution in [0.5, 0.6) is 0 Å². The fourth-order valence-corrected chi connectivity index (χ4v) is 3.32. The summed E-state index contributed by atoms with van der Waals surface area (Å²) < 4.78 is 4.72. The van der Waals surface area contributed by atoms with Crippen LogP contribution in [0, 0.1) is 0 Å². The molecule has 7 heteroatoms. The molecule has 3 rings (SSSR count). The van der Waals surface area contributed by atoms with Crippen molar-refractivity contribution in [2.24, 2.45) is 0 Å². The molecule has 1 aromatic heterocycles. The highest BCUT2D eigenvalue weighted by molar-refractivity contribution is 7.12. The average Bonchev–Trinajstić information content (AvgIpc) is 3.29. The number of thiophene rings is 1. The highest BCUT2D eigenvalue weighted by Crippen LogP contribution is 2.16. The zero-order chi connectivity index (χ0) is 20.6. The molecule has 2 aromatic carbocycles. The summed E-state index contributed by atoms with van der Waals surface area (Å²) in [5.41, 5.74) is 1.91. The molecule has 29 heavy (non-hydrogen) atoms. The van der Waals surface area contributed by atoms with Gasteiger partial charge < -0.3 is 15.0 Å². The van der Waals surface area contributed by atoms with E-state index >= 15 is 0 Å². The molecule has 0 unspecified atom stereocenters. The normalized spacial score (nSPS) is 10.2. The van der Waals surface area contributed by atoms with Crippen LogP contribution in [0.25, 0.3) is 0 Å². The van der Waals surface area contributed by atoms with Crippen LogP contribution in [-0.2, 0) is 16.1 Å². The van der Waals surface area contributed by atoms with Crippen molar-refractivity contribution in [3.8, 4) is 0 Å². The maximum absolute atomic E-state index is 13.0. The monoisotopic (exact) mass is 408 g/mol. The van der Waals surface area contributed by atoms with Gasteiger partial charge in [0, 0.05) is 17.8 Å². The molecule has 0 saturated carbocycles. The molecule has 0 aliphatic heterocycles. The first-order valence-electron chi connectivity index (χ1n) is 8.92. The number of ether oxygens (including phenoxy) is 1. The molecule has 0 fully saturated rings. The number of benzene rings is 2. The second kappa shape index (κ2) is 9.66. The summed E-state index contributed by atoms with van der Waals surface area (Å²) >= 11 is 1.35. The lowest BCUT2D eigenvalue weighted by atomic mass is 10.1. The maximum Gasteiger partial charge on any atom is 0.325 e. The summed E-state index contributed by atoms with van der Waals surface area (Å²) in [4.78, 5) is 38.9. The topological polar surface area (TPSA) is 75.7 Å². The summed E-state index contributed by atoms with van der Waals surface area (Å²) in [6.45, 7) is 0.132. The molecule has 0 bridgehead atoms. The number of carbonyl (C=O) groups excluding carboxylic acids is 3. The van der Waals surface area contributed by atoms with Crippen molar-refractivity contribution in [1.29, 1.82) is 0 Å².